The third-order valence-electron chi connectivity index (χ3n) is 11.5. The van der Waals surface area contributed by atoms with Crippen LogP contribution in [0.3, 0.4) is 0 Å². The molecule has 0 fully saturated rings. The van der Waals surface area contributed by atoms with Crippen LogP contribution < -0.4 is 19.3 Å². The highest BCUT2D eigenvalue weighted by Gasteiger charge is 2.28. The van der Waals surface area contributed by atoms with E-state index in [-0.39, 0.29) is 11.6 Å². The molecule has 0 unspecified atom stereocenters. The van der Waals surface area contributed by atoms with Crippen LogP contribution >= 0.6 is 0 Å². The predicted octanol–water partition coefficient (Wildman–Crippen LogP) is 14.6. The van der Waals surface area contributed by atoms with Gasteiger partial charge in [-0.2, -0.15) is 0 Å². The molecule has 2 heterocycles. The Morgan fingerprint density at radius 1 is 0.323 bits per heavy atom. The van der Waals surface area contributed by atoms with E-state index in [0.717, 1.165) is 68.2 Å². The van der Waals surface area contributed by atoms with Gasteiger partial charge in [0.05, 0.1) is 22.7 Å². The Hall–Kier alpha value is -8.48. The van der Waals surface area contributed by atoms with E-state index in [1.807, 2.05) is 194 Å². The van der Waals surface area contributed by atoms with E-state index >= 15 is 0 Å². The van der Waals surface area contributed by atoms with Gasteiger partial charge in [-0.25, -0.2) is 0 Å². The highest BCUT2D eigenvalue weighted by molar-refractivity contribution is 6.18. The molecule has 0 aromatic heterocycles. The van der Waals surface area contributed by atoms with Gasteiger partial charge in [-0.1, -0.05) is 133 Å². The van der Waals surface area contributed by atoms with Crippen molar-refractivity contribution in [1.82, 2.24) is 0 Å². The van der Waals surface area contributed by atoms with Crippen molar-refractivity contribution < 1.29 is 19.1 Å². The lowest BCUT2D eigenvalue weighted by Gasteiger charge is -2.33. The van der Waals surface area contributed by atoms with Gasteiger partial charge < -0.3 is 19.3 Å². The summed E-state index contributed by atoms with van der Waals surface area (Å²) in [5.41, 5.74) is 10.6. The second-order valence-corrected chi connectivity index (χ2v) is 15.2. The molecule has 0 spiro atoms. The zero-order valence-corrected chi connectivity index (χ0v) is 33.3. The molecule has 0 amide bonds. The molecule has 62 heavy (non-hydrogen) atoms. The first-order valence-electron chi connectivity index (χ1n) is 20.5. The lowest BCUT2D eigenvalue weighted by atomic mass is 9.85. The Labute approximate surface area is 359 Å². The number of carbonyl (C=O) groups excluding carboxylic acids is 2. The largest absolute Gasteiger partial charge is 0.453 e. The van der Waals surface area contributed by atoms with E-state index in [9.17, 15) is 9.59 Å². The molecule has 0 saturated carbocycles. The Morgan fingerprint density at radius 3 is 0.935 bits per heavy atom. The molecule has 0 bridgehead atoms. The van der Waals surface area contributed by atoms with Crippen molar-refractivity contribution in [3.63, 3.8) is 0 Å². The summed E-state index contributed by atoms with van der Waals surface area (Å²) in [6.07, 6.45) is 0. The van der Waals surface area contributed by atoms with Crippen LogP contribution in [0.15, 0.2) is 218 Å². The van der Waals surface area contributed by atoms with Gasteiger partial charge in [0, 0.05) is 33.6 Å². The predicted molar refractivity (Wildman–Crippen MR) is 247 cm³/mol. The number of fused-ring (bicyclic) bond motifs is 4. The lowest BCUT2D eigenvalue weighted by Crippen LogP contribution is -2.15. The van der Waals surface area contributed by atoms with E-state index in [1.54, 1.807) is 0 Å². The number of benzene rings is 9. The van der Waals surface area contributed by atoms with Crippen molar-refractivity contribution in [2.75, 3.05) is 9.80 Å². The zero-order chi connectivity index (χ0) is 41.6. The molecular weight excluding hydrogens is 765 g/mol. The third kappa shape index (κ3) is 6.38. The Morgan fingerprint density at radius 2 is 0.613 bits per heavy atom. The van der Waals surface area contributed by atoms with Crippen molar-refractivity contribution in [2.45, 2.75) is 0 Å². The fraction of sp³-hybridized carbons (Fsp3) is 0. The van der Waals surface area contributed by atoms with Crippen LogP contribution in [0.2, 0.25) is 0 Å². The lowest BCUT2D eigenvalue weighted by molar-refractivity contribution is 0.102. The highest BCUT2D eigenvalue weighted by atomic mass is 16.5. The summed E-state index contributed by atoms with van der Waals surface area (Å²) in [4.78, 5) is 33.8. The summed E-state index contributed by atoms with van der Waals surface area (Å²) >= 11 is 0. The molecule has 0 N–H and O–H groups in total. The van der Waals surface area contributed by atoms with Gasteiger partial charge in [-0.3, -0.25) is 9.59 Å². The third-order valence-corrected chi connectivity index (χ3v) is 11.5. The number of anilines is 6. The molecular formula is C56H36N2O4. The minimum absolute atomic E-state index is 0.140. The molecule has 2 aliphatic heterocycles. The standard InChI is InChI=1S/C56H36N2O4/c59-55(39-15-3-1-4-16-39)45-35-44(38-29-33-42(34-30-38)58-49-21-9-13-25-53(49)62-54-26-14-10-22-50(54)58)46(56(60)40-17-5-2-6-18-40)36-43(45)37-27-31-41(32-28-37)57-47-19-7-11-23-51(47)61-52-24-12-8-20-48(52)57/h1-36H. The van der Waals surface area contributed by atoms with Gasteiger partial charge in [0.1, 0.15) is 0 Å². The number of hydrogen-bond donors (Lipinski definition) is 0. The first kappa shape index (κ1) is 36.6. The molecule has 6 nitrogen and oxygen atoms in total. The van der Waals surface area contributed by atoms with E-state index in [2.05, 4.69) is 34.1 Å². The maximum absolute atomic E-state index is 14.7. The number of para-hydroxylation sites is 8. The molecule has 6 heteroatoms. The quantitative estimate of drug-likeness (QED) is 0.143. The molecule has 294 valence electrons. The Balaban J connectivity index is 1.06. The van der Waals surface area contributed by atoms with Crippen molar-refractivity contribution in [3.8, 4) is 45.3 Å². The summed E-state index contributed by atoms with van der Waals surface area (Å²) in [5.74, 6) is 2.77. The smallest absolute Gasteiger partial charge is 0.193 e. The number of nitrogens with zero attached hydrogens (tertiary/aromatic N) is 2. The van der Waals surface area contributed by atoms with Gasteiger partial charge in [0.25, 0.3) is 0 Å². The van der Waals surface area contributed by atoms with Crippen LogP contribution in [-0.2, 0) is 0 Å². The van der Waals surface area contributed by atoms with Gasteiger partial charge in [0.15, 0.2) is 34.6 Å². The molecule has 9 aromatic carbocycles. The summed E-state index contributed by atoms with van der Waals surface area (Å²) < 4.78 is 12.5. The van der Waals surface area contributed by atoms with Crippen LogP contribution in [0.4, 0.5) is 34.1 Å². The minimum Gasteiger partial charge on any atom is -0.453 e. The number of ketones is 2. The zero-order valence-electron chi connectivity index (χ0n) is 33.3. The molecule has 0 atom stereocenters. The first-order valence-corrected chi connectivity index (χ1v) is 20.5. The van der Waals surface area contributed by atoms with E-state index in [1.165, 1.54) is 0 Å². The summed E-state index contributed by atoms with van der Waals surface area (Å²) in [5, 5.41) is 0. The number of ether oxygens (including phenoxy) is 2. The number of carbonyl (C=O) groups is 2. The average Bonchev–Trinajstić information content (AvgIpc) is 3.34. The van der Waals surface area contributed by atoms with Crippen LogP contribution in [0.25, 0.3) is 22.3 Å². The van der Waals surface area contributed by atoms with Crippen LogP contribution in [-0.4, -0.2) is 11.6 Å². The monoisotopic (exact) mass is 800 g/mol. The second kappa shape index (κ2) is 15.3. The van der Waals surface area contributed by atoms with Crippen molar-refractivity contribution in [1.29, 1.82) is 0 Å². The summed E-state index contributed by atoms with van der Waals surface area (Å²) in [7, 11) is 0. The van der Waals surface area contributed by atoms with E-state index in [0.29, 0.717) is 33.4 Å². The van der Waals surface area contributed by atoms with Crippen molar-refractivity contribution >= 4 is 45.7 Å². The molecule has 2 aliphatic rings. The summed E-state index contributed by atoms with van der Waals surface area (Å²) in [6, 6.07) is 70.6. The normalized spacial score (nSPS) is 12.2. The molecule has 0 saturated heterocycles. The number of hydrogen-bond acceptors (Lipinski definition) is 6. The first-order chi connectivity index (χ1) is 30.6. The van der Waals surface area contributed by atoms with Crippen LogP contribution in [0, 0.1) is 0 Å². The Kier molecular flexibility index (Phi) is 9.02. The average molecular weight is 801 g/mol. The molecule has 0 aliphatic carbocycles. The number of rotatable bonds is 8. The van der Waals surface area contributed by atoms with E-state index in [4.69, 9.17) is 9.47 Å². The van der Waals surface area contributed by atoms with Gasteiger partial charge >= 0.3 is 0 Å². The van der Waals surface area contributed by atoms with Gasteiger partial charge in [-0.15, -0.1) is 0 Å². The topological polar surface area (TPSA) is 59.1 Å². The fourth-order valence-corrected chi connectivity index (χ4v) is 8.49. The second-order valence-electron chi connectivity index (χ2n) is 15.2. The van der Waals surface area contributed by atoms with Gasteiger partial charge in [0.2, 0.25) is 0 Å². The molecule has 0 radical (unpaired) electrons. The van der Waals surface area contributed by atoms with Crippen molar-refractivity contribution in [3.05, 3.63) is 241 Å². The fourth-order valence-electron chi connectivity index (χ4n) is 8.49. The summed E-state index contributed by atoms with van der Waals surface area (Å²) in [6.45, 7) is 0. The maximum atomic E-state index is 14.7. The Bertz CT molecular complexity index is 2860. The molecule has 11 rings (SSSR count). The highest BCUT2D eigenvalue weighted by Crippen LogP contribution is 2.52. The minimum atomic E-state index is -0.140. The van der Waals surface area contributed by atoms with Crippen LogP contribution in [0.1, 0.15) is 31.8 Å². The van der Waals surface area contributed by atoms with Crippen molar-refractivity contribution in [2.24, 2.45) is 0 Å². The van der Waals surface area contributed by atoms with E-state index < -0.39 is 0 Å². The van der Waals surface area contributed by atoms with Gasteiger partial charge in [-0.05, 0) is 107 Å². The van der Waals surface area contributed by atoms with Crippen LogP contribution in [0.5, 0.6) is 23.0 Å². The SMILES string of the molecule is O=C(c1ccccc1)c1cc(-c2ccc(N3c4ccccc4Oc4ccccc43)cc2)c(C(=O)c2ccccc2)cc1-c1ccc(N2c3ccccc3Oc3ccccc32)cc1. The molecule has 9 aromatic rings. The maximum Gasteiger partial charge on any atom is 0.193 e.